The van der Waals surface area contributed by atoms with Gasteiger partial charge in [0.05, 0.1) is 24.0 Å². The van der Waals surface area contributed by atoms with Gasteiger partial charge in [0.15, 0.2) is 0 Å². The number of thiophene rings is 1. The van der Waals surface area contributed by atoms with Crippen molar-refractivity contribution in [3.63, 3.8) is 0 Å². The van der Waals surface area contributed by atoms with Crippen LogP contribution in [0.5, 0.6) is 0 Å². The third-order valence-corrected chi connectivity index (χ3v) is 6.34. The highest BCUT2D eigenvalue weighted by molar-refractivity contribution is 7.17. The molecule has 146 valence electrons. The van der Waals surface area contributed by atoms with E-state index in [2.05, 4.69) is 5.32 Å². The largest absolute Gasteiger partial charge is 0.481 e. The van der Waals surface area contributed by atoms with Gasteiger partial charge in [0, 0.05) is 4.88 Å². The molecule has 2 atom stereocenters. The lowest BCUT2D eigenvalue weighted by molar-refractivity contribution is -0.146. The van der Waals surface area contributed by atoms with Crippen LogP contribution in [0.15, 0.2) is 12.2 Å². The molecule has 2 aliphatic carbocycles. The number of ether oxygens (including phenoxy) is 1. The summed E-state index contributed by atoms with van der Waals surface area (Å²) >= 11 is 1.43. The van der Waals surface area contributed by atoms with Gasteiger partial charge in [0.2, 0.25) is 5.91 Å². The van der Waals surface area contributed by atoms with Crippen molar-refractivity contribution >= 4 is 34.2 Å². The van der Waals surface area contributed by atoms with Crippen LogP contribution in [0.25, 0.3) is 0 Å². The van der Waals surface area contributed by atoms with E-state index in [-0.39, 0.29) is 5.91 Å². The molecule has 1 heterocycles. The molecule has 0 radical (unpaired) electrons. The van der Waals surface area contributed by atoms with Crippen LogP contribution in [0.4, 0.5) is 5.00 Å². The Kier molecular flexibility index (Phi) is 6.31. The van der Waals surface area contributed by atoms with Crippen LogP contribution in [-0.2, 0) is 27.2 Å². The van der Waals surface area contributed by atoms with E-state index in [4.69, 9.17) is 4.74 Å². The number of esters is 1. The number of carbonyl (C=O) groups excluding carboxylic acids is 2. The third-order valence-electron chi connectivity index (χ3n) is 5.14. The van der Waals surface area contributed by atoms with Gasteiger partial charge in [-0.05, 0) is 50.5 Å². The first-order valence-corrected chi connectivity index (χ1v) is 10.3. The van der Waals surface area contributed by atoms with E-state index in [9.17, 15) is 19.5 Å². The van der Waals surface area contributed by atoms with E-state index >= 15 is 0 Å². The first-order chi connectivity index (χ1) is 13.0. The van der Waals surface area contributed by atoms with Crippen LogP contribution in [0, 0.1) is 11.8 Å². The van der Waals surface area contributed by atoms with Gasteiger partial charge in [-0.25, -0.2) is 4.79 Å². The van der Waals surface area contributed by atoms with Crippen LogP contribution in [0.1, 0.15) is 59.8 Å². The normalized spacial score (nSPS) is 21.4. The number of carboxylic acid groups (broad SMARTS) is 1. The number of rotatable bonds is 6. The van der Waals surface area contributed by atoms with Gasteiger partial charge >= 0.3 is 11.9 Å². The fourth-order valence-corrected chi connectivity index (χ4v) is 5.00. The minimum atomic E-state index is -0.965. The van der Waals surface area contributed by atoms with Crippen LogP contribution < -0.4 is 5.32 Å². The maximum Gasteiger partial charge on any atom is 0.341 e. The van der Waals surface area contributed by atoms with E-state index < -0.39 is 23.8 Å². The molecule has 0 unspecified atom stereocenters. The standard InChI is InChI=1S/C20H25NO5S/c1-2-11-26-20(25)16-14-9-5-6-10-15(14)27-18(16)21-17(22)12-7-3-4-8-13(12)19(23)24/h3-4,12-13H,2,5-11H2,1H3,(H,21,22)(H,23,24)/t12-,13+/m1/s1. The predicted octanol–water partition coefficient (Wildman–Crippen LogP) is 3.80. The van der Waals surface area contributed by atoms with Gasteiger partial charge in [0.25, 0.3) is 0 Å². The van der Waals surface area contributed by atoms with E-state index in [0.717, 1.165) is 42.5 Å². The number of anilines is 1. The Balaban J connectivity index is 1.86. The van der Waals surface area contributed by atoms with E-state index in [1.807, 2.05) is 13.0 Å². The Bertz CT molecular complexity index is 767. The summed E-state index contributed by atoms with van der Waals surface area (Å²) in [6, 6.07) is 0. The fraction of sp³-hybridized carbons (Fsp3) is 0.550. The van der Waals surface area contributed by atoms with E-state index in [0.29, 0.717) is 30.0 Å². The summed E-state index contributed by atoms with van der Waals surface area (Å²) in [5, 5.41) is 12.8. The summed E-state index contributed by atoms with van der Waals surface area (Å²) in [4.78, 5) is 38.1. The van der Waals surface area contributed by atoms with E-state index in [1.165, 1.54) is 11.3 Å². The Morgan fingerprint density at radius 3 is 2.59 bits per heavy atom. The number of hydrogen-bond donors (Lipinski definition) is 2. The lowest BCUT2D eigenvalue weighted by Gasteiger charge is -2.24. The van der Waals surface area contributed by atoms with E-state index in [1.54, 1.807) is 6.08 Å². The van der Waals surface area contributed by atoms with Crippen molar-refractivity contribution in [1.82, 2.24) is 0 Å². The molecule has 2 aliphatic rings. The number of nitrogens with one attached hydrogen (secondary N) is 1. The molecule has 27 heavy (non-hydrogen) atoms. The zero-order valence-corrected chi connectivity index (χ0v) is 16.3. The molecule has 6 nitrogen and oxygen atoms in total. The van der Waals surface area contributed by atoms with Crippen molar-refractivity contribution in [2.45, 2.75) is 51.9 Å². The number of allylic oxidation sites excluding steroid dienone is 2. The smallest absolute Gasteiger partial charge is 0.341 e. The molecule has 0 bridgehead atoms. The Morgan fingerprint density at radius 2 is 1.89 bits per heavy atom. The number of carbonyl (C=O) groups is 3. The van der Waals surface area contributed by atoms with Gasteiger partial charge in [-0.15, -0.1) is 11.3 Å². The molecule has 0 aliphatic heterocycles. The molecule has 3 rings (SSSR count). The first-order valence-electron chi connectivity index (χ1n) is 9.53. The van der Waals surface area contributed by atoms with Crippen LogP contribution in [0.2, 0.25) is 0 Å². The molecule has 7 heteroatoms. The molecule has 0 fully saturated rings. The third kappa shape index (κ3) is 4.24. The molecule has 1 aromatic rings. The predicted molar refractivity (Wildman–Crippen MR) is 103 cm³/mol. The quantitative estimate of drug-likeness (QED) is 0.568. The van der Waals surface area contributed by atoms with Crippen molar-refractivity contribution in [3.8, 4) is 0 Å². The van der Waals surface area contributed by atoms with Gasteiger partial charge in [-0.3, -0.25) is 9.59 Å². The van der Waals surface area contributed by atoms with Crippen molar-refractivity contribution in [2.24, 2.45) is 11.8 Å². The minimum absolute atomic E-state index is 0.338. The number of aliphatic carboxylic acids is 1. The molecular formula is C20H25NO5S. The first kappa shape index (κ1) is 19.6. The van der Waals surface area contributed by atoms with Gasteiger partial charge in [-0.2, -0.15) is 0 Å². The van der Waals surface area contributed by atoms with Crippen molar-refractivity contribution in [3.05, 3.63) is 28.2 Å². The average Bonchev–Trinajstić information content (AvgIpc) is 3.03. The van der Waals surface area contributed by atoms with Crippen molar-refractivity contribution in [2.75, 3.05) is 11.9 Å². The molecular weight excluding hydrogens is 366 g/mol. The van der Waals surface area contributed by atoms with Crippen molar-refractivity contribution < 1.29 is 24.2 Å². The highest BCUT2D eigenvalue weighted by atomic mass is 32.1. The highest BCUT2D eigenvalue weighted by Crippen LogP contribution is 2.39. The van der Waals surface area contributed by atoms with Crippen molar-refractivity contribution in [1.29, 1.82) is 0 Å². The molecule has 1 aromatic heterocycles. The molecule has 2 N–H and O–H groups in total. The zero-order valence-electron chi connectivity index (χ0n) is 15.5. The molecule has 1 amide bonds. The zero-order chi connectivity index (χ0) is 19.4. The molecule has 0 saturated carbocycles. The second kappa shape index (κ2) is 8.69. The van der Waals surface area contributed by atoms with Gasteiger partial charge < -0.3 is 15.2 Å². The van der Waals surface area contributed by atoms with Crippen LogP contribution in [-0.4, -0.2) is 29.6 Å². The SMILES string of the molecule is CCCOC(=O)c1c(NC(=O)[C@@H]2CC=CC[C@@H]2C(=O)O)sc2c1CCCC2. The molecule has 0 saturated heterocycles. The maximum absolute atomic E-state index is 12.8. The van der Waals surface area contributed by atoms with Crippen LogP contribution in [0.3, 0.4) is 0 Å². The number of hydrogen-bond acceptors (Lipinski definition) is 5. The summed E-state index contributed by atoms with van der Waals surface area (Å²) in [6.45, 7) is 2.27. The number of aryl methyl sites for hydroxylation is 1. The maximum atomic E-state index is 12.8. The average molecular weight is 391 g/mol. The summed E-state index contributed by atoms with van der Waals surface area (Å²) < 4.78 is 5.34. The second-order valence-electron chi connectivity index (χ2n) is 7.03. The number of carboxylic acids is 1. The topological polar surface area (TPSA) is 92.7 Å². The number of fused-ring (bicyclic) bond motifs is 1. The minimum Gasteiger partial charge on any atom is -0.481 e. The summed E-state index contributed by atoms with van der Waals surface area (Å²) in [7, 11) is 0. The Hall–Kier alpha value is -2.15. The lowest BCUT2D eigenvalue weighted by atomic mass is 9.82. The van der Waals surface area contributed by atoms with Crippen LogP contribution >= 0.6 is 11.3 Å². The highest BCUT2D eigenvalue weighted by Gasteiger charge is 2.35. The van der Waals surface area contributed by atoms with Gasteiger partial charge in [0.1, 0.15) is 5.00 Å². The number of amides is 1. The summed E-state index contributed by atoms with van der Waals surface area (Å²) in [5.41, 5.74) is 1.45. The Labute approximate surface area is 162 Å². The fourth-order valence-electron chi connectivity index (χ4n) is 3.72. The Morgan fingerprint density at radius 1 is 1.19 bits per heavy atom. The lowest BCUT2D eigenvalue weighted by Crippen LogP contribution is -2.34. The monoisotopic (exact) mass is 391 g/mol. The van der Waals surface area contributed by atoms with Gasteiger partial charge in [-0.1, -0.05) is 19.1 Å². The second-order valence-corrected chi connectivity index (χ2v) is 8.14. The summed E-state index contributed by atoms with van der Waals surface area (Å²) in [5.74, 6) is -3.07. The molecule has 0 aromatic carbocycles. The molecule has 0 spiro atoms. The summed E-state index contributed by atoms with van der Waals surface area (Å²) in [6.07, 6.45) is 8.91.